The first-order valence-corrected chi connectivity index (χ1v) is 7.96. The fraction of sp³-hybridized carbons (Fsp3) is 0.200. The Labute approximate surface area is 141 Å². The van der Waals surface area contributed by atoms with Gasteiger partial charge in [-0.2, -0.15) is 0 Å². The lowest BCUT2D eigenvalue weighted by Gasteiger charge is -2.15. The third kappa shape index (κ3) is 4.89. The van der Waals surface area contributed by atoms with Gasteiger partial charge < -0.3 is 0 Å². The number of amides is 1. The molecule has 1 amide bonds. The average molecular weight is 323 g/mol. The second kappa shape index (κ2) is 8.79. The van der Waals surface area contributed by atoms with Gasteiger partial charge >= 0.3 is 0 Å². The third-order valence-corrected chi connectivity index (χ3v) is 3.89. The molecular formula is C20H21NO3. The summed E-state index contributed by atoms with van der Waals surface area (Å²) in [5.74, 6) is -0.551. The van der Waals surface area contributed by atoms with Crippen molar-refractivity contribution in [3.63, 3.8) is 0 Å². The van der Waals surface area contributed by atoms with Crippen molar-refractivity contribution in [2.45, 2.75) is 26.2 Å². The molecule has 1 aromatic rings. The normalized spacial score (nSPS) is 15.0. The van der Waals surface area contributed by atoms with Gasteiger partial charge in [0.2, 0.25) is 0 Å². The van der Waals surface area contributed by atoms with E-state index in [1.807, 2.05) is 30.4 Å². The maximum Gasteiger partial charge on any atom is 0.267 e. The van der Waals surface area contributed by atoms with Crippen molar-refractivity contribution in [3.05, 3.63) is 83.0 Å². The molecule has 1 aromatic carbocycles. The lowest BCUT2D eigenvalue weighted by molar-refractivity contribution is -0.124. The van der Waals surface area contributed by atoms with Crippen LogP contribution in [0.2, 0.25) is 0 Å². The second-order valence-electron chi connectivity index (χ2n) is 5.50. The zero-order chi connectivity index (χ0) is 17.4. The lowest BCUT2D eigenvalue weighted by atomic mass is 9.90. The summed E-state index contributed by atoms with van der Waals surface area (Å²) in [6, 6.07) is 9.19. The third-order valence-electron chi connectivity index (χ3n) is 3.89. The van der Waals surface area contributed by atoms with Crippen LogP contribution in [0.15, 0.2) is 77.4 Å². The molecule has 0 radical (unpaired) electrons. The van der Waals surface area contributed by atoms with Gasteiger partial charge in [-0.25, -0.2) is 5.48 Å². The summed E-state index contributed by atoms with van der Waals surface area (Å²) in [5.41, 5.74) is 5.58. The number of ketones is 1. The van der Waals surface area contributed by atoms with E-state index in [9.17, 15) is 9.59 Å². The van der Waals surface area contributed by atoms with Crippen LogP contribution in [0, 0.1) is 0 Å². The van der Waals surface area contributed by atoms with Crippen LogP contribution in [0.4, 0.5) is 0 Å². The highest BCUT2D eigenvalue weighted by Gasteiger charge is 2.10. The molecule has 4 nitrogen and oxygen atoms in total. The molecule has 24 heavy (non-hydrogen) atoms. The molecule has 0 aliphatic heterocycles. The van der Waals surface area contributed by atoms with E-state index in [2.05, 4.69) is 6.92 Å². The van der Waals surface area contributed by atoms with Gasteiger partial charge in [0.05, 0.1) is 0 Å². The minimum atomic E-state index is -0.544. The van der Waals surface area contributed by atoms with E-state index in [-0.39, 0.29) is 5.78 Å². The Morgan fingerprint density at radius 2 is 1.88 bits per heavy atom. The van der Waals surface area contributed by atoms with E-state index in [4.69, 9.17) is 5.21 Å². The van der Waals surface area contributed by atoms with Crippen LogP contribution in [0.1, 0.15) is 36.5 Å². The first-order valence-electron chi connectivity index (χ1n) is 7.96. The van der Waals surface area contributed by atoms with Crippen LogP contribution in [0.25, 0.3) is 0 Å². The van der Waals surface area contributed by atoms with Crippen LogP contribution >= 0.6 is 0 Å². The van der Waals surface area contributed by atoms with E-state index >= 15 is 0 Å². The average Bonchev–Trinajstić information content (AvgIpc) is 2.64. The van der Waals surface area contributed by atoms with E-state index in [0.29, 0.717) is 5.56 Å². The van der Waals surface area contributed by atoms with Crippen LogP contribution in [-0.4, -0.2) is 16.9 Å². The number of carbonyl (C=O) groups excluding carboxylic acids is 2. The number of allylic oxidation sites excluding steroid dienone is 7. The van der Waals surface area contributed by atoms with Crippen LogP contribution in [0.5, 0.6) is 0 Å². The Balaban J connectivity index is 2.14. The molecule has 2 N–H and O–H groups in total. The predicted molar refractivity (Wildman–Crippen MR) is 93.6 cm³/mol. The second-order valence-corrected chi connectivity index (χ2v) is 5.50. The molecule has 124 valence electrons. The van der Waals surface area contributed by atoms with Gasteiger partial charge in [-0.1, -0.05) is 55.5 Å². The largest absolute Gasteiger partial charge is 0.289 e. The number of hydrogen-bond donors (Lipinski definition) is 2. The molecule has 1 aliphatic carbocycles. The zero-order valence-electron chi connectivity index (χ0n) is 13.7. The predicted octanol–water partition coefficient (Wildman–Crippen LogP) is 3.91. The molecule has 2 rings (SSSR count). The molecule has 0 saturated carbocycles. The van der Waals surface area contributed by atoms with Crippen LogP contribution < -0.4 is 5.48 Å². The summed E-state index contributed by atoms with van der Waals surface area (Å²) in [6.45, 7) is 2.06. The van der Waals surface area contributed by atoms with Gasteiger partial charge in [-0.05, 0) is 42.1 Å². The van der Waals surface area contributed by atoms with Crippen molar-refractivity contribution in [1.82, 2.24) is 5.48 Å². The first kappa shape index (κ1) is 17.6. The van der Waals surface area contributed by atoms with Gasteiger partial charge in [0, 0.05) is 11.6 Å². The molecule has 1 aliphatic rings. The van der Waals surface area contributed by atoms with Crippen molar-refractivity contribution in [2.75, 3.05) is 0 Å². The fourth-order valence-electron chi connectivity index (χ4n) is 2.57. The maximum atomic E-state index is 12.2. The summed E-state index contributed by atoms with van der Waals surface area (Å²) in [6.07, 6.45) is 11.0. The number of hydrogen-bond acceptors (Lipinski definition) is 3. The highest BCUT2D eigenvalue weighted by atomic mass is 16.5. The van der Waals surface area contributed by atoms with Gasteiger partial charge in [0.15, 0.2) is 5.78 Å². The van der Waals surface area contributed by atoms with Crippen molar-refractivity contribution in [2.24, 2.45) is 0 Å². The number of benzene rings is 1. The van der Waals surface area contributed by atoms with Crippen molar-refractivity contribution < 1.29 is 14.8 Å². The van der Waals surface area contributed by atoms with Crippen LogP contribution in [-0.2, 0) is 4.79 Å². The van der Waals surface area contributed by atoms with Gasteiger partial charge in [-0.15, -0.1) is 0 Å². The summed E-state index contributed by atoms with van der Waals surface area (Å²) in [5, 5.41) is 8.50. The Kier molecular flexibility index (Phi) is 6.46. The molecule has 0 saturated heterocycles. The quantitative estimate of drug-likeness (QED) is 0.361. The zero-order valence-corrected chi connectivity index (χ0v) is 13.7. The Bertz CT molecular complexity index is 725. The summed E-state index contributed by atoms with van der Waals surface area (Å²) in [7, 11) is 0. The molecule has 0 heterocycles. The minimum Gasteiger partial charge on any atom is -0.289 e. The summed E-state index contributed by atoms with van der Waals surface area (Å²) in [4.78, 5) is 23.2. The monoisotopic (exact) mass is 323 g/mol. The molecular weight excluding hydrogens is 302 g/mol. The van der Waals surface area contributed by atoms with E-state index in [1.165, 1.54) is 6.08 Å². The Morgan fingerprint density at radius 3 is 2.54 bits per heavy atom. The highest BCUT2D eigenvalue weighted by molar-refractivity contribution is 6.04. The number of nitrogens with one attached hydrogen (secondary N) is 1. The molecule has 0 atom stereocenters. The topological polar surface area (TPSA) is 66.4 Å². The Morgan fingerprint density at radius 1 is 1.12 bits per heavy atom. The summed E-state index contributed by atoms with van der Waals surface area (Å²) < 4.78 is 0. The molecule has 0 unspecified atom stereocenters. The van der Waals surface area contributed by atoms with Gasteiger partial charge in [0.25, 0.3) is 5.91 Å². The smallest absolute Gasteiger partial charge is 0.267 e. The maximum absolute atomic E-state index is 12.2. The van der Waals surface area contributed by atoms with E-state index in [1.54, 1.807) is 29.8 Å². The van der Waals surface area contributed by atoms with Crippen molar-refractivity contribution in [1.29, 1.82) is 0 Å². The fourth-order valence-corrected chi connectivity index (χ4v) is 2.57. The number of hydroxylamine groups is 1. The van der Waals surface area contributed by atoms with E-state index in [0.717, 1.165) is 36.0 Å². The highest BCUT2D eigenvalue weighted by Crippen LogP contribution is 2.27. The van der Waals surface area contributed by atoms with E-state index < -0.39 is 5.91 Å². The number of carbonyl (C=O) groups is 2. The lowest BCUT2D eigenvalue weighted by Crippen LogP contribution is -2.15. The molecule has 0 spiro atoms. The standard InChI is InChI=1S/C20H21NO3/c1-2-16-14-15(9-13-20(23)21-24)8-10-17(16)11-12-19(22)18-6-4-3-5-7-18/h3-7,9,11-14,24H,2,8,10H2,1H3,(H,21,23)/b12-11+,13-9+. The number of rotatable bonds is 6. The minimum absolute atomic E-state index is 0.00663. The van der Waals surface area contributed by atoms with Crippen molar-refractivity contribution in [3.8, 4) is 0 Å². The first-order chi connectivity index (χ1) is 11.6. The Hall–Kier alpha value is -2.72. The SMILES string of the molecule is CCC1=C(/C=C/C(=O)c2ccccc2)CCC(/C=C/C(=O)NO)=C1. The molecule has 0 aromatic heterocycles. The molecule has 4 heteroatoms. The summed E-state index contributed by atoms with van der Waals surface area (Å²) >= 11 is 0. The molecule has 0 bridgehead atoms. The molecule has 0 fully saturated rings. The van der Waals surface area contributed by atoms with Crippen LogP contribution in [0.3, 0.4) is 0 Å². The van der Waals surface area contributed by atoms with Gasteiger partial charge in [0.1, 0.15) is 0 Å². The van der Waals surface area contributed by atoms with Crippen molar-refractivity contribution >= 4 is 11.7 Å². The van der Waals surface area contributed by atoms with Gasteiger partial charge in [-0.3, -0.25) is 14.8 Å².